The first-order chi connectivity index (χ1) is 13.5. The minimum atomic E-state index is -4.62. The number of azo groups is 1. The van der Waals surface area contributed by atoms with Gasteiger partial charge < -0.3 is 10.4 Å². The SMILES string of the molecule is O=C(O)c1cc(NCC(CCS(=O)(=O)O)S(=O)(=O)O)ccc1N=Nc1nccs1.[NaH].[NaH].[NaH]. The van der Waals surface area contributed by atoms with Crippen molar-refractivity contribution >= 4 is 143 Å². The van der Waals surface area contributed by atoms with Crippen LogP contribution in [-0.4, -0.2) is 148 Å². The quantitative estimate of drug-likeness (QED) is 0.186. The molecule has 12 nitrogen and oxygen atoms in total. The molecule has 0 saturated heterocycles. The summed E-state index contributed by atoms with van der Waals surface area (Å²) in [5.74, 6) is -2.17. The molecule has 0 aliphatic carbocycles. The molecule has 2 aromatic rings. The maximum absolute atomic E-state index is 11.5. The Morgan fingerprint density at radius 2 is 1.78 bits per heavy atom. The van der Waals surface area contributed by atoms with Crippen LogP contribution in [0.25, 0.3) is 0 Å². The molecule has 4 N–H and O–H groups in total. The summed E-state index contributed by atoms with van der Waals surface area (Å²) in [6.07, 6.45) is 0.953. The van der Waals surface area contributed by atoms with Crippen LogP contribution in [0.3, 0.4) is 0 Å². The molecule has 0 spiro atoms. The van der Waals surface area contributed by atoms with Crippen LogP contribution in [0.1, 0.15) is 16.8 Å². The molecule has 1 unspecified atom stereocenters. The summed E-state index contributed by atoms with van der Waals surface area (Å²) in [7, 11) is -9.04. The van der Waals surface area contributed by atoms with Crippen molar-refractivity contribution < 1.29 is 35.8 Å². The zero-order chi connectivity index (χ0) is 21.7. The number of nitrogens with one attached hydrogen (secondary N) is 1. The van der Waals surface area contributed by atoms with Crippen LogP contribution in [-0.2, 0) is 20.2 Å². The number of thiazole rings is 1. The van der Waals surface area contributed by atoms with E-state index in [-0.39, 0.29) is 106 Å². The number of aromatic carboxylic acids is 1. The average Bonchev–Trinajstić information content (AvgIpc) is 3.11. The monoisotopic (exact) mass is 536 g/mol. The number of nitrogens with zero attached hydrogens (tertiary/aromatic N) is 3. The van der Waals surface area contributed by atoms with E-state index in [0.717, 1.165) is 0 Å². The Balaban J connectivity index is 0. The van der Waals surface area contributed by atoms with E-state index in [4.69, 9.17) is 4.55 Å². The Morgan fingerprint density at radius 3 is 2.28 bits per heavy atom. The molecule has 1 heterocycles. The van der Waals surface area contributed by atoms with Crippen LogP contribution in [0.5, 0.6) is 0 Å². The van der Waals surface area contributed by atoms with Crippen molar-refractivity contribution in [3.8, 4) is 0 Å². The second kappa shape index (κ2) is 15.5. The van der Waals surface area contributed by atoms with Gasteiger partial charge in [0.15, 0.2) is 0 Å². The average molecular weight is 536 g/mol. The summed E-state index contributed by atoms with van der Waals surface area (Å²) in [5, 5.41) is 20.1. The Morgan fingerprint density at radius 1 is 1.12 bits per heavy atom. The summed E-state index contributed by atoms with van der Waals surface area (Å²) >= 11 is 1.21. The molecule has 0 fully saturated rings. The zero-order valence-electron chi connectivity index (χ0n) is 14.5. The number of benzene rings is 1. The predicted octanol–water partition coefficient (Wildman–Crippen LogP) is 0.257. The maximum atomic E-state index is 11.5. The van der Waals surface area contributed by atoms with Crippen molar-refractivity contribution in [3.05, 3.63) is 35.3 Å². The number of carboxylic acids is 1. The van der Waals surface area contributed by atoms with Gasteiger partial charge in [-0.3, -0.25) is 9.11 Å². The number of hydrogen-bond acceptors (Lipinski definition) is 10. The molecule has 2 rings (SSSR count). The molecule has 0 saturated carbocycles. The van der Waals surface area contributed by atoms with Crippen LogP contribution >= 0.6 is 11.3 Å². The topological polar surface area (TPSA) is 196 Å². The van der Waals surface area contributed by atoms with Crippen LogP contribution in [0.15, 0.2) is 40.0 Å². The number of carboxylic acid groups (broad SMARTS) is 1. The number of hydrogen-bond donors (Lipinski definition) is 4. The third-order valence-electron chi connectivity index (χ3n) is 3.54. The second-order valence-corrected chi connectivity index (χ2v) is 9.79. The van der Waals surface area contributed by atoms with Gasteiger partial charge in [-0.1, -0.05) is 0 Å². The van der Waals surface area contributed by atoms with E-state index < -0.39 is 50.2 Å². The molecular weight excluding hydrogens is 517 g/mol. The molecule has 1 aromatic carbocycles. The molecular formula is C14H19N4Na3O8S3. The fraction of sp³-hybridized carbons (Fsp3) is 0.286. The first kappa shape index (κ1) is 34.7. The molecule has 0 aliphatic heterocycles. The van der Waals surface area contributed by atoms with Crippen molar-refractivity contribution in [2.24, 2.45) is 10.2 Å². The molecule has 32 heavy (non-hydrogen) atoms. The van der Waals surface area contributed by atoms with Crippen molar-refractivity contribution in [3.63, 3.8) is 0 Å². The van der Waals surface area contributed by atoms with Gasteiger partial charge in [0.05, 0.1) is 11.3 Å². The van der Waals surface area contributed by atoms with Gasteiger partial charge in [-0.05, 0) is 24.6 Å². The van der Waals surface area contributed by atoms with Crippen LogP contribution < -0.4 is 5.32 Å². The first-order valence-electron chi connectivity index (χ1n) is 7.79. The summed E-state index contributed by atoms with van der Waals surface area (Å²) < 4.78 is 62.4. The van der Waals surface area contributed by atoms with E-state index in [1.165, 1.54) is 35.7 Å². The fourth-order valence-electron chi connectivity index (χ4n) is 2.13. The molecule has 18 heteroatoms. The van der Waals surface area contributed by atoms with E-state index >= 15 is 0 Å². The standard InChI is InChI=1S/C14H16N4O8S3.3Na.3H/c19-13(20)11-7-9(1-2-12(11)17-18-14-15-4-5-27-14)16-8-10(29(24,25)26)3-6-28(21,22)23;;;;;;/h1-2,4-5,7,10,16H,3,6,8H2,(H,19,20)(H,21,22,23)(H,24,25,26);;;;;;. The summed E-state index contributed by atoms with van der Waals surface area (Å²) in [5.41, 5.74) is 0.00343. The van der Waals surface area contributed by atoms with Gasteiger partial charge in [0.25, 0.3) is 20.2 Å². The van der Waals surface area contributed by atoms with Crippen LogP contribution in [0.4, 0.5) is 16.5 Å². The van der Waals surface area contributed by atoms with E-state index in [9.17, 15) is 31.3 Å². The van der Waals surface area contributed by atoms with Gasteiger partial charge in [0, 0.05) is 23.8 Å². The van der Waals surface area contributed by atoms with Gasteiger partial charge >= 0.3 is 94.6 Å². The van der Waals surface area contributed by atoms with Crippen LogP contribution in [0, 0.1) is 0 Å². The Kier molecular flexibility index (Phi) is 16.8. The number of carbonyl (C=O) groups is 1. The van der Waals surface area contributed by atoms with Crippen LogP contribution in [0.2, 0.25) is 0 Å². The zero-order valence-corrected chi connectivity index (χ0v) is 17.0. The van der Waals surface area contributed by atoms with Crippen molar-refractivity contribution in [2.45, 2.75) is 11.7 Å². The third kappa shape index (κ3) is 12.3. The molecule has 0 aliphatic rings. The summed E-state index contributed by atoms with van der Waals surface area (Å²) in [6.45, 7) is -0.423. The molecule has 0 amide bonds. The van der Waals surface area contributed by atoms with Crippen molar-refractivity contribution in [2.75, 3.05) is 17.6 Å². The Labute approximate surface area is 255 Å². The van der Waals surface area contributed by atoms with Crippen molar-refractivity contribution in [1.29, 1.82) is 0 Å². The van der Waals surface area contributed by atoms with Gasteiger partial charge in [0.2, 0.25) is 5.13 Å². The summed E-state index contributed by atoms with van der Waals surface area (Å²) in [6, 6.07) is 3.93. The van der Waals surface area contributed by atoms with E-state index in [1.54, 1.807) is 5.38 Å². The van der Waals surface area contributed by atoms with Crippen molar-refractivity contribution in [1.82, 2.24) is 4.98 Å². The number of aromatic nitrogens is 1. The molecule has 1 atom stereocenters. The predicted molar refractivity (Wildman–Crippen MR) is 126 cm³/mol. The normalized spacial score (nSPS) is 12.2. The Hall–Kier alpha value is 0.540. The van der Waals surface area contributed by atoms with E-state index in [0.29, 0.717) is 5.13 Å². The summed E-state index contributed by atoms with van der Waals surface area (Å²) in [4.78, 5) is 15.4. The van der Waals surface area contributed by atoms with Gasteiger partial charge in [0.1, 0.15) is 10.9 Å². The third-order valence-corrected chi connectivity index (χ3v) is 6.19. The fourth-order valence-corrected chi connectivity index (χ4v) is 4.03. The minimum absolute atomic E-state index is 0. The molecule has 164 valence electrons. The van der Waals surface area contributed by atoms with E-state index in [2.05, 4.69) is 20.5 Å². The number of rotatable bonds is 10. The van der Waals surface area contributed by atoms with Gasteiger partial charge in [-0.15, -0.1) is 21.6 Å². The van der Waals surface area contributed by atoms with E-state index in [1.807, 2.05) is 0 Å². The Bertz CT molecular complexity index is 1110. The molecule has 0 radical (unpaired) electrons. The molecule has 1 aromatic heterocycles. The number of anilines is 1. The second-order valence-electron chi connectivity index (χ2n) is 5.64. The van der Waals surface area contributed by atoms with Gasteiger partial charge in [-0.25, -0.2) is 9.78 Å². The van der Waals surface area contributed by atoms with Gasteiger partial charge in [-0.2, -0.15) is 16.8 Å². The molecule has 0 bridgehead atoms. The first-order valence-corrected chi connectivity index (χ1v) is 11.8.